The molecule has 3 nitrogen and oxygen atoms in total. The van der Waals surface area contributed by atoms with Gasteiger partial charge in [0.15, 0.2) is 0 Å². The van der Waals surface area contributed by atoms with Gasteiger partial charge in [-0.05, 0) is 36.8 Å². The number of aromatic nitrogens is 2. The van der Waals surface area contributed by atoms with Crippen molar-refractivity contribution in [3.8, 4) is 16.5 Å². The van der Waals surface area contributed by atoms with Gasteiger partial charge in [0.1, 0.15) is 10.8 Å². The summed E-state index contributed by atoms with van der Waals surface area (Å²) in [6.07, 6.45) is 1.79. The van der Waals surface area contributed by atoms with E-state index in [1.54, 1.807) is 17.5 Å². The van der Waals surface area contributed by atoms with E-state index in [1.165, 1.54) is 0 Å². The van der Waals surface area contributed by atoms with Crippen molar-refractivity contribution in [2.45, 2.75) is 6.92 Å². The molecule has 1 aromatic carbocycles. The van der Waals surface area contributed by atoms with Crippen molar-refractivity contribution < 1.29 is 4.74 Å². The number of nitrogens with zero attached hydrogens (tertiary/aromatic N) is 2. The van der Waals surface area contributed by atoms with Gasteiger partial charge in [-0.15, -0.1) is 11.3 Å². The third kappa shape index (κ3) is 2.69. The quantitative estimate of drug-likeness (QED) is 0.653. The Morgan fingerprint density at radius 2 is 2.20 bits per heavy atom. The number of benzene rings is 1. The SMILES string of the molecule is Cc1cc(OCCBr)cc2sc(-c3ccccn3)nc12. The lowest BCUT2D eigenvalue weighted by Gasteiger charge is -2.04. The van der Waals surface area contributed by atoms with E-state index in [1.807, 2.05) is 24.3 Å². The van der Waals surface area contributed by atoms with E-state index in [-0.39, 0.29) is 0 Å². The first-order valence-corrected chi connectivity index (χ1v) is 8.23. The van der Waals surface area contributed by atoms with Gasteiger partial charge in [0.2, 0.25) is 0 Å². The Hall–Kier alpha value is -1.46. The number of hydrogen-bond donors (Lipinski definition) is 0. The maximum atomic E-state index is 5.68. The Labute approximate surface area is 129 Å². The number of ether oxygens (including phenoxy) is 1. The van der Waals surface area contributed by atoms with Gasteiger partial charge in [-0.1, -0.05) is 22.0 Å². The van der Waals surface area contributed by atoms with Gasteiger partial charge < -0.3 is 4.74 Å². The van der Waals surface area contributed by atoms with Crippen molar-refractivity contribution in [3.63, 3.8) is 0 Å². The highest BCUT2D eigenvalue weighted by Crippen LogP contribution is 2.33. The van der Waals surface area contributed by atoms with Crippen LogP contribution in [0, 0.1) is 6.92 Å². The zero-order valence-corrected chi connectivity index (χ0v) is 13.4. The van der Waals surface area contributed by atoms with Crippen molar-refractivity contribution in [3.05, 3.63) is 42.1 Å². The van der Waals surface area contributed by atoms with Gasteiger partial charge in [-0.25, -0.2) is 4.98 Å². The fourth-order valence-electron chi connectivity index (χ4n) is 2.00. The van der Waals surface area contributed by atoms with Gasteiger partial charge in [-0.2, -0.15) is 0 Å². The van der Waals surface area contributed by atoms with Gasteiger partial charge in [0.25, 0.3) is 0 Å². The zero-order valence-electron chi connectivity index (χ0n) is 11.0. The molecule has 0 radical (unpaired) electrons. The highest BCUT2D eigenvalue weighted by atomic mass is 79.9. The molecule has 0 bridgehead atoms. The van der Waals surface area contributed by atoms with Crippen LogP contribution in [0.2, 0.25) is 0 Å². The summed E-state index contributed by atoms with van der Waals surface area (Å²) in [5.41, 5.74) is 3.07. The van der Waals surface area contributed by atoms with Crippen molar-refractivity contribution in [1.29, 1.82) is 0 Å². The lowest BCUT2D eigenvalue weighted by molar-refractivity contribution is 0.345. The average molecular weight is 349 g/mol. The maximum absolute atomic E-state index is 5.68. The van der Waals surface area contributed by atoms with Crippen LogP contribution in [0.25, 0.3) is 20.9 Å². The van der Waals surface area contributed by atoms with Gasteiger partial charge in [0, 0.05) is 11.5 Å². The first-order valence-electron chi connectivity index (χ1n) is 6.29. The number of fused-ring (bicyclic) bond motifs is 1. The molecule has 0 fully saturated rings. The topological polar surface area (TPSA) is 35.0 Å². The molecule has 0 amide bonds. The number of hydrogen-bond acceptors (Lipinski definition) is 4. The van der Waals surface area contributed by atoms with E-state index in [0.29, 0.717) is 6.61 Å². The Morgan fingerprint density at radius 3 is 2.95 bits per heavy atom. The van der Waals surface area contributed by atoms with E-state index < -0.39 is 0 Å². The summed E-state index contributed by atoms with van der Waals surface area (Å²) in [7, 11) is 0. The second kappa shape index (κ2) is 5.89. The summed E-state index contributed by atoms with van der Waals surface area (Å²) in [5.74, 6) is 0.894. The molecule has 0 aliphatic rings. The van der Waals surface area contributed by atoms with Crippen LogP contribution in [0.1, 0.15) is 5.56 Å². The molecule has 5 heteroatoms. The minimum Gasteiger partial charge on any atom is -0.493 e. The van der Waals surface area contributed by atoms with Crippen LogP contribution in [0.4, 0.5) is 0 Å². The van der Waals surface area contributed by atoms with Crippen molar-refractivity contribution in [1.82, 2.24) is 9.97 Å². The molecular formula is C15H13BrN2OS. The predicted octanol–water partition coefficient (Wildman–Crippen LogP) is 4.44. The number of alkyl halides is 1. The molecule has 0 aliphatic heterocycles. The van der Waals surface area contributed by atoms with Gasteiger partial charge in [0.05, 0.1) is 22.5 Å². The summed E-state index contributed by atoms with van der Waals surface area (Å²) in [5, 5.41) is 1.77. The Kier molecular flexibility index (Phi) is 3.98. The summed E-state index contributed by atoms with van der Waals surface area (Å²) < 4.78 is 6.81. The maximum Gasteiger partial charge on any atom is 0.143 e. The molecule has 0 atom stereocenters. The van der Waals surface area contributed by atoms with Crippen molar-refractivity contribution >= 4 is 37.5 Å². The van der Waals surface area contributed by atoms with Crippen molar-refractivity contribution in [2.24, 2.45) is 0 Å². The van der Waals surface area contributed by atoms with Crippen LogP contribution in [-0.2, 0) is 0 Å². The Morgan fingerprint density at radius 1 is 1.30 bits per heavy atom. The third-order valence-electron chi connectivity index (χ3n) is 2.89. The number of pyridine rings is 1. The van der Waals surface area contributed by atoms with Crippen LogP contribution in [0.5, 0.6) is 5.75 Å². The lowest BCUT2D eigenvalue weighted by atomic mass is 10.2. The Balaban J connectivity index is 2.04. The Bertz CT molecular complexity index is 727. The van der Waals surface area contributed by atoms with Gasteiger partial charge >= 0.3 is 0 Å². The third-order valence-corrected chi connectivity index (χ3v) is 4.24. The monoisotopic (exact) mass is 348 g/mol. The second-order valence-electron chi connectivity index (χ2n) is 4.36. The van der Waals surface area contributed by atoms with E-state index in [4.69, 9.17) is 9.72 Å². The summed E-state index contributed by atoms with van der Waals surface area (Å²) in [4.78, 5) is 9.05. The molecule has 0 N–H and O–H groups in total. The van der Waals surface area contributed by atoms with Crippen molar-refractivity contribution in [2.75, 3.05) is 11.9 Å². The molecule has 3 aromatic rings. The highest BCUT2D eigenvalue weighted by molar-refractivity contribution is 9.09. The molecule has 0 saturated carbocycles. The first-order chi connectivity index (χ1) is 9.78. The fourth-order valence-corrected chi connectivity index (χ4v) is 3.21. The largest absolute Gasteiger partial charge is 0.493 e. The van der Waals surface area contributed by atoms with Crippen LogP contribution in [0.15, 0.2) is 36.5 Å². The number of halogens is 1. The zero-order chi connectivity index (χ0) is 13.9. The molecule has 2 aromatic heterocycles. The first kappa shape index (κ1) is 13.5. The van der Waals surface area contributed by atoms with Crippen LogP contribution < -0.4 is 4.74 Å². The van der Waals surface area contributed by atoms with Crippen LogP contribution in [0.3, 0.4) is 0 Å². The molecule has 0 saturated heterocycles. The number of aryl methyl sites for hydroxylation is 1. The van der Waals surface area contributed by atoms with Gasteiger partial charge in [-0.3, -0.25) is 4.98 Å². The molecule has 2 heterocycles. The minimum absolute atomic E-state index is 0.664. The number of rotatable bonds is 4. The fraction of sp³-hybridized carbons (Fsp3) is 0.200. The van der Waals surface area contributed by atoms with E-state index >= 15 is 0 Å². The molecule has 0 unspecified atom stereocenters. The average Bonchev–Trinajstić information content (AvgIpc) is 2.91. The van der Waals surface area contributed by atoms with E-state index in [9.17, 15) is 0 Å². The predicted molar refractivity (Wildman–Crippen MR) is 86.9 cm³/mol. The summed E-state index contributed by atoms with van der Waals surface area (Å²) in [6, 6.07) is 9.96. The molecule has 20 heavy (non-hydrogen) atoms. The van der Waals surface area contributed by atoms with E-state index in [0.717, 1.165) is 37.6 Å². The van der Waals surface area contributed by atoms with E-state index in [2.05, 4.69) is 33.9 Å². The number of thiazole rings is 1. The molecule has 102 valence electrons. The normalized spacial score (nSPS) is 10.9. The molecule has 3 rings (SSSR count). The highest BCUT2D eigenvalue weighted by Gasteiger charge is 2.10. The minimum atomic E-state index is 0.664. The summed E-state index contributed by atoms with van der Waals surface area (Å²) >= 11 is 5.01. The smallest absolute Gasteiger partial charge is 0.143 e. The lowest BCUT2D eigenvalue weighted by Crippen LogP contribution is -1.97. The molecule has 0 spiro atoms. The van der Waals surface area contributed by atoms with Crippen LogP contribution >= 0.6 is 27.3 Å². The second-order valence-corrected chi connectivity index (χ2v) is 6.18. The molecular weight excluding hydrogens is 336 g/mol. The summed E-state index contributed by atoms with van der Waals surface area (Å²) in [6.45, 7) is 2.72. The molecule has 0 aliphatic carbocycles. The standard InChI is InChI=1S/C15H13BrN2OS/c1-10-8-11(19-7-5-16)9-13-14(10)18-15(20-13)12-4-2-3-6-17-12/h2-4,6,8-9H,5,7H2,1H3. The van der Waals surface area contributed by atoms with Crippen LogP contribution in [-0.4, -0.2) is 21.9 Å².